The highest BCUT2D eigenvalue weighted by molar-refractivity contribution is 5.06. The Morgan fingerprint density at radius 3 is 2.14 bits per heavy atom. The molecule has 1 N–H and O–H groups in total. The fraction of sp³-hybridized carbons (Fsp3) is 1.00. The van der Waals surface area contributed by atoms with Crippen LogP contribution in [0.2, 0.25) is 0 Å². The summed E-state index contributed by atoms with van der Waals surface area (Å²) in [4.78, 5) is 0. The van der Waals surface area contributed by atoms with Gasteiger partial charge in [-0.25, -0.2) is 0 Å². The maximum Gasteiger partial charge on any atom is 0.163 e. The predicted octanol–water partition coefficient (Wildman–Crippen LogP) is 2.07. The van der Waals surface area contributed by atoms with Crippen molar-refractivity contribution in [2.45, 2.75) is 64.6 Å². The molecule has 5 heteroatoms. The Bertz CT molecular complexity index is 395. The lowest BCUT2D eigenvalue weighted by Gasteiger charge is -2.60. The maximum absolute atomic E-state index is 10.0. The second-order valence-corrected chi connectivity index (χ2v) is 7.90. The highest BCUT2D eigenvalue weighted by Crippen LogP contribution is 2.54. The molecule has 122 valence electrons. The lowest BCUT2D eigenvalue weighted by molar-refractivity contribution is -0.386. The van der Waals surface area contributed by atoms with Crippen molar-refractivity contribution in [3.05, 3.63) is 0 Å². The van der Waals surface area contributed by atoms with E-state index in [2.05, 4.69) is 0 Å². The SMILES string of the molecule is CC1(C)OCC2(CCCC3(CO)COC(C)(C)OC23)CO1. The van der Waals surface area contributed by atoms with Gasteiger partial charge in [0.2, 0.25) is 0 Å². The Labute approximate surface area is 126 Å². The minimum atomic E-state index is -0.624. The summed E-state index contributed by atoms with van der Waals surface area (Å²) in [5.74, 6) is -1.16. The third-order valence-corrected chi connectivity index (χ3v) is 5.30. The highest BCUT2D eigenvalue weighted by Gasteiger charge is 2.60. The van der Waals surface area contributed by atoms with Crippen LogP contribution in [0.15, 0.2) is 0 Å². The van der Waals surface area contributed by atoms with E-state index in [9.17, 15) is 5.11 Å². The van der Waals surface area contributed by atoms with Crippen LogP contribution in [0.4, 0.5) is 0 Å². The summed E-state index contributed by atoms with van der Waals surface area (Å²) in [6.07, 6.45) is 2.88. The number of rotatable bonds is 1. The van der Waals surface area contributed by atoms with E-state index in [0.29, 0.717) is 19.8 Å². The van der Waals surface area contributed by atoms with Gasteiger partial charge in [0.1, 0.15) is 0 Å². The van der Waals surface area contributed by atoms with Gasteiger partial charge < -0.3 is 24.1 Å². The summed E-state index contributed by atoms with van der Waals surface area (Å²) in [6.45, 7) is 9.60. The molecule has 0 radical (unpaired) electrons. The summed E-state index contributed by atoms with van der Waals surface area (Å²) in [7, 11) is 0. The Morgan fingerprint density at radius 2 is 1.52 bits per heavy atom. The second-order valence-electron chi connectivity index (χ2n) is 7.90. The van der Waals surface area contributed by atoms with Crippen LogP contribution in [-0.4, -0.2) is 49.2 Å². The molecular weight excluding hydrogens is 272 g/mol. The molecule has 2 heterocycles. The molecule has 2 atom stereocenters. The van der Waals surface area contributed by atoms with Crippen molar-refractivity contribution in [1.82, 2.24) is 0 Å². The average molecular weight is 300 g/mol. The third-order valence-electron chi connectivity index (χ3n) is 5.30. The van der Waals surface area contributed by atoms with E-state index in [4.69, 9.17) is 18.9 Å². The number of hydrogen-bond donors (Lipinski definition) is 1. The summed E-state index contributed by atoms with van der Waals surface area (Å²) in [5.41, 5.74) is -0.514. The summed E-state index contributed by atoms with van der Waals surface area (Å²) in [6, 6.07) is 0. The lowest BCUT2D eigenvalue weighted by Crippen LogP contribution is -2.67. The Kier molecular flexibility index (Phi) is 3.66. The van der Waals surface area contributed by atoms with E-state index in [1.54, 1.807) is 0 Å². The summed E-state index contributed by atoms with van der Waals surface area (Å²) >= 11 is 0. The van der Waals surface area contributed by atoms with E-state index in [0.717, 1.165) is 19.3 Å². The van der Waals surface area contributed by atoms with E-state index in [1.165, 1.54) is 0 Å². The van der Waals surface area contributed by atoms with Crippen molar-refractivity contribution in [2.24, 2.45) is 10.8 Å². The van der Waals surface area contributed by atoms with Crippen LogP contribution in [0.5, 0.6) is 0 Å². The largest absolute Gasteiger partial charge is 0.396 e. The molecule has 0 aromatic rings. The molecule has 5 nitrogen and oxygen atoms in total. The smallest absolute Gasteiger partial charge is 0.163 e. The highest BCUT2D eigenvalue weighted by atomic mass is 16.7. The van der Waals surface area contributed by atoms with Crippen molar-refractivity contribution in [3.8, 4) is 0 Å². The summed E-state index contributed by atoms with van der Waals surface area (Å²) in [5, 5.41) is 10.0. The molecule has 3 aliphatic rings. The number of fused-ring (bicyclic) bond motifs is 2. The minimum absolute atomic E-state index is 0.0822. The van der Waals surface area contributed by atoms with Gasteiger partial charge in [-0.1, -0.05) is 6.42 Å². The van der Waals surface area contributed by atoms with Gasteiger partial charge in [-0.15, -0.1) is 0 Å². The molecule has 0 amide bonds. The Morgan fingerprint density at radius 1 is 0.905 bits per heavy atom. The van der Waals surface area contributed by atoms with Crippen LogP contribution < -0.4 is 0 Å². The van der Waals surface area contributed by atoms with Crippen molar-refractivity contribution < 1.29 is 24.1 Å². The van der Waals surface area contributed by atoms with Crippen LogP contribution in [0.1, 0.15) is 47.0 Å². The molecule has 0 aromatic heterocycles. The van der Waals surface area contributed by atoms with Crippen LogP contribution in [0, 0.1) is 10.8 Å². The minimum Gasteiger partial charge on any atom is -0.396 e. The summed E-state index contributed by atoms with van der Waals surface area (Å²) < 4.78 is 24.0. The van der Waals surface area contributed by atoms with E-state index < -0.39 is 11.6 Å². The van der Waals surface area contributed by atoms with Crippen molar-refractivity contribution in [2.75, 3.05) is 26.4 Å². The molecule has 1 saturated carbocycles. The first kappa shape index (κ1) is 15.7. The number of aliphatic hydroxyl groups excluding tert-OH is 1. The molecule has 3 rings (SSSR count). The maximum atomic E-state index is 10.0. The average Bonchev–Trinajstić information content (AvgIpc) is 2.43. The van der Waals surface area contributed by atoms with Crippen LogP contribution >= 0.6 is 0 Å². The monoisotopic (exact) mass is 300 g/mol. The van der Waals surface area contributed by atoms with Crippen LogP contribution in [0.25, 0.3) is 0 Å². The third kappa shape index (κ3) is 2.63. The zero-order chi connectivity index (χ0) is 15.4. The number of aliphatic hydroxyl groups is 1. The first-order valence-corrected chi connectivity index (χ1v) is 7.93. The molecule has 0 bridgehead atoms. The van der Waals surface area contributed by atoms with Crippen LogP contribution in [0.3, 0.4) is 0 Å². The molecule has 0 aromatic carbocycles. The normalized spacial score (nSPS) is 40.7. The van der Waals surface area contributed by atoms with Gasteiger partial charge in [0.05, 0.1) is 32.5 Å². The first-order chi connectivity index (χ1) is 9.73. The van der Waals surface area contributed by atoms with Crippen LogP contribution in [-0.2, 0) is 18.9 Å². The van der Waals surface area contributed by atoms with Gasteiger partial charge in [-0.3, -0.25) is 0 Å². The van der Waals surface area contributed by atoms with Gasteiger partial charge >= 0.3 is 0 Å². The van der Waals surface area contributed by atoms with E-state index in [1.807, 2.05) is 27.7 Å². The predicted molar refractivity (Wildman–Crippen MR) is 76.7 cm³/mol. The van der Waals surface area contributed by atoms with Gasteiger partial charge in [0.15, 0.2) is 11.6 Å². The fourth-order valence-electron chi connectivity index (χ4n) is 3.96. The van der Waals surface area contributed by atoms with Crippen molar-refractivity contribution in [1.29, 1.82) is 0 Å². The fourth-order valence-corrected chi connectivity index (χ4v) is 3.96. The molecular formula is C16H28O5. The molecule has 3 fully saturated rings. The van der Waals surface area contributed by atoms with Crippen molar-refractivity contribution >= 4 is 0 Å². The zero-order valence-electron chi connectivity index (χ0n) is 13.6. The Balaban J connectivity index is 1.90. The second kappa shape index (κ2) is 4.90. The topological polar surface area (TPSA) is 57.2 Å². The lowest BCUT2D eigenvalue weighted by atomic mass is 9.59. The van der Waals surface area contributed by atoms with E-state index >= 15 is 0 Å². The van der Waals surface area contributed by atoms with Crippen molar-refractivity contribution in [3.63, 3.8) is 0 Å². The Hall–Kier alpha value is -0.200. The number of hydrogen-bond acceptors (Lipinski definition) is 5. The molecule has 1 spiro atoms. The first-order valence-electron chi connectivity index (χ1n) is 7.93. The molecule has 21 heavy (non-hydrogen) atoms. The van der Waals surface area contributed by atoms with Gasteiger partial charge in [-0.2, -0.15) is 0 Å². The molecule has 2 aliphatic heterocycles. The standard InChI is InChI=1S/C16H28O5/c1-13(2)18-10-16(11-19-13)7-5-6-15(8-17)9-20-14(3,4)21-12(15)16/h12,17H,5-11H2,1-4H3. The zero-order valence-corrected chi connectivity index (χ0v) is 13.6. The molecule has 2 unspecified atom stereocenters. The van der Waals surface area contributed by atoms with Gasteiger partial charge in [0.25, 0.3) is 0 Å². The number of ether oxygens (including phenoxy) is 4. The van der Waals surface area contributed by atoms with E-state index in [-0.39, 0.29) is 23.5 Å². The van der Waals surface area contributed by atoms with Gasteiger partial charge in [0, 0.05) is 10.8 Å². The molecule has 2 saturated heterocycles. The molecule has 1 aliphatic carbocycles. The van der Waals surface area contributed by atoms with Gasteiger partial charge in [-0.05, 0) is 40.5 Å². The quantitative estimate of drug-likeness (QED) is 0.803.